The van der Waals surface area contributed by atoms with Crippen LogP contribution in [0.4, 0.5) is 0 Å². The summed E-state index contributed by atoms with van der Waals surface area (Å²) in [5.74, 6) is 0.313. The average molecular weight is 284 g/mol. The number of ether oxygens (including phenoxy) is 1. The molecule has 0 aromatic rings. The molecule has 80 valence electrons. The minimum atomic E-state index is -3.83. The normalized spacial score (nSPS) is 10.4. The molecule has 0 atom stereocenters. The summed E-state index contributed by atoms with van der Waals surface area (Å²) >= 11 is 6.06. The van der Waals surface area contributed by atoms with Crippen LogP contribution in [0, 0.1) is 0 Å². The second-order valence-corrected chi connectivity index (χ2v) is 5.44. The van der Waals surface area contributed by atoms with Crippen LogP contribution in [0.2, 0.25) is 0 Å². The van der Waals surface area contributed by atoms with Crippen molar-refractivity contribution in [3.8, 4) is 0 Å². The maximum atomic E-state index is 10.3. The van der Waals surface area contributed by atoms with E-state index in [0.717, 1.165) is 0 Å². The predicted octanol–water partition coefficient (Wildman–Crippen LogP) is 0.670. The van der Waals surface area contributed by atoms with Crippen LogP contribution in [0.15, 0.2) is 0 Å². The Kier molecular flexibility index (Phi) is 12.9. The summed E-state index contributed by atoms with van der Waals surface area (Å²) in [7, 11) is -3.83. The SMILES string of the molecule is CCOC(=S)SCCCS(=O)(=O)O.[KH]. The minimum absolute atomic E-state index is 0. The van der Waals surface area contributed by atoms with Gasteiger partial charge in [-0.25, -0.2) is 0 Å². The van der Waals surface area contributed by atoms with E-state index in [1.165, 1.54) is 11.8 Å². The Bertz CT molecular complexity index is 252. The Balaban J connectivity index is 0. The van der Waals surface area contributed by atoms with Crippen molar-refractivity contribution in [2.24, 2.45) is 0 Å². The zero-order chi connectivity index (χ0) is 10.3. The monoisotopic (exact) mass is 284 g/mol. The summed E-state index contributed by atoms with van der Waals surface area (Å²) in [6, 6.07) is 0. The zero-order valence-corrected chi connectivity index (χ0v) is 9.67. The van der Waals surface area contributed by atoms with E-state index in [9.17, 15) is 8.42 Å². The van der Waals surface area contributed by atoms with Crippen molar-refractivity contribution >= 4 is 89.9 Å². The predicted molar refractivity (Wildman–Crippen MR) is 64.9 cm³/mol. The van der Waals surface area contributed by atoms with E-state index in [4.69, 9.17) is 21.5 Å². The van der Waals surface area contributed by atoms with Gasteiger partial charge in [0.15, 0.2) is 0 Å². The first-order valence-electron chi connectivity index (χ1n) is 3.70. The van der Waals surface area contributed by atoms with Crippen molar-refractivity contribution in [1.29, 1.82) is 0 Å². The third kappa shape index (κ3) is 13.8. The van der Waals surface area contributed by atoms with Gasteiger partial charge in [0, 0.05) is 5.75 Å². The standard InChI is InChI=1S/C6H12O4S3.K.H/c1-2-10-6(11)12-4-3-5-13(7,8)9;;/h2-5H2,1H3,(H,7,8,9);;. The molecular weight excluding hydrogens is 271 g/mol. The molecule has 0 fully saturated rings. The van der Waals surface area contributed by atoms with Crippen LogP contribution in [-0.4, -0.2) is 86.9 Å². The Hall–Kier alpha value is 1.79. The van der Waals surface area contributed by atoms with Crippen LogP contribution < -0.4 is 0 Å². The first-order chi connectivity index (χ1) is 5.95. The Morgan fingerprint density at radius 3 is 2.57 bits per heavy atom. The molecule has 14 heavy (non-hydrogen) atoms. The topological polar surface area (TPSA) is 63.6 Å². The molecule has 0 bridgehead atoms. The molecule has 4 nitrogen and oxygen atoms in total. The molecular formula is C6H13KO4S3. The molecule has 0 spiro atoms. The summed E-state index contributed by atoms with van der Waals surface area (Å²) in [6.45, 7) is 2.34. The number of rotatable bonds is 5. The van der Waals surface area contributed by atoms with Crippen molar-refractivity contribution in [3.05, 3.63) is 0 Å². The van der Waals surface area contributed by atoms with Crippen molar-refractivity contribution in [1.82, 2.24) is 0 Å². The summed E-state index contributed by atoms with van der Waals surface area (Å²) in [5.41, 5.74) is 0. The van der Waals surface area contributed by atoms with Gasteiger partial charge in [0.25, 0.3) is 10.1 Å². The fourth-order valence-electron chi connectivity index (χ4n) is 0.556. The number of thiocarbonyl (C=S) groups is 1. The van der Waals surface area contributed by atoms with Crippen LogP contribution in [0.5, 0.6) is 0 Å². The van der Waals surface area contributed by atoms with Gasteiger partial charge in [-0.05, 0) is 25.6 Å². The van der Waals surface area contributed by atoms with Gasteiger partial charge in [-0.1, -0.05) is 11.8 Å². The molecule has 0 aromatic carbocycles. The van der Waals surface area contributed by atoms with Crippen molar-refractivity contribution < 1.29 is 17.7 Å². The van der Waals surface area contributed by atoms with Gasteiger partial charge in [-0.15, -0.1) is 0 Å². The number of hydrogen-bond donors (Lipinski definition) is 1. The molecule has 1 N–H and O–H groups in total. The molecule has 0 unspecified atom stereocenters. The van der Waals surface area contributed by atoms with Gasteiger partial charge in [0.05, 0.1) is 12.4 Å². The van der Waals surface area contributed by atoms with E-state index in [0.29, 0.717) is 23.2 Å². The summed E-state index contributed by atoms with van der Waals surface area (Å²) < 4.78 is 34.3. The van der Waals surface area contributed by atoms with E-state index >= 15 is 0 Å². The van der Waals surface area contributed by atoms with E-state index in [2.05, 4.69) is 0 Å². The molecule has 0 aliphatic carbocycles. The molecule has 0 amide bonds. The Labute approximate surface area is 137 Å². The van der Waals surface area contributed by atoms with Gasteiger partial charge in [0.1, 0.15) is 0 Å². The second kappa shape index (κ2) is 9.97. The van der Waals surface area contributed by atoms with E-state index in [1.54, 1.807) is 0 Å². The van der Waals surface area contributed by atoms with Crippen LogP contribution in [-0.2, 0) is 14.9 Å². The Morgan fingerprint density at radius 2 is 2.14 bits per heavy atom. The molecule has 0 saturated carbocycles. The molecule has 0 heterocycles. The first kappa shape index (κ1) is 18.2. The van der Waals surface area contributed by atoms with Crippen LogP contribution in [0.3, 0.4) is 0 Å². The third-order valence-electron chi connectivity index (χ3n) is 1.03. The van der Waals surface area contributed by atoms with E-state index < -0.39 is 10.1 Å². The third-order valence-corrected chi connectivity index (χ3v) is 3.15. The molecule has 0 saturated heterocycles. The molecule has 0 aliphatic rings. The fourth-order valence-corrected chi connectivity index (χ4v) is 2.27. The molecule has 0 rings (SSSR count). The van der Waals surface area contributed by atoms with Crippen LogP contribution in [0.1, 0.15) is 13.3 Å². The summed E-state index contributed by atoms with van der Waals surface area (Å²) in [4.78, 5) is 0. The van der Waals surface area contributed by atoms with Crippen molar-refractivity contribution in [2.45, 2.75) is 13.3 Å². The fraction of sp³-hybridized carbons (Fsp3) is 0.833. The van der Waals surface area contributed by atoms with Crippen LogP contribution in [0.25, 0.3) is 0 Å². The van der Waals surface area contributed by atoms with Crippen molar-refractivity contribution in [3.63, 3.8) is 0 Å². The second-order valence-electron chi connectivity index (χ2n) is 2.17. The van der Waals surface area contributed by atoms with Gasteiger partial charge in [0.2, 0.25) is 4.38 Å². The molecule has 0 aromatic heterocycles. The molecule has 0 radical (unpaired) electrons. The molecule has 0 aliphatic heterocycles. The van der Waals surface area contributed by atoms with E-state index in [-0.39, 0.29) is 57.1 Å². The van der Waals surface area contributed by atoms with Gasteiger partial charge >= 0.3 is 51.4 Å². The number of thioether (sulfide) groups is 1. The van der Waals surface area contributed by atoms with Gasteiger partial charge < -0.3 is 4.74 Å². The quantitative estimate of drug-likeness (QED) is 0.346. The van der Waals surface area contributed by atoms with Gasteiger partial charge in [-0.2, -0.15) is 8.42 Å². The van der Waals surface area contributed by atoms with Crippen molar-refractivity contribution in [2.75, 3.05) is 18.1 Å². The van der Waals surface area contributed by atoms with E-state index in [1.807, 2.05) is 6.92 Å². The van der Waals surface area contributed by atoms with Crippen LogP contribution >= 0.6 is 24.0 Å². The maximum absolute atomic E-state index is 10.3. The summed E-state index contributed by atoms with van der Waals surface area (Å²) in [5, 5.41) is 0. The summed E-state index contributed by atoms with van der Waals surface area (Å²) in [6.07, 6.45) is 0.372. The zero-order valence-electron chi connectivity index (χ0n) is 7.23. The average Bonchev–Trinajstić information content (AvgIpc) is 1.97. The molecule has 8 heteroatoms. The van der Waals surface area contributed by atoms with Gasteiger partial charge in [-0.3, -0.25) is 4.55 Å². The Morgan fingerprint density at radius 1 is 1.57 bits per heavy atom. The number of hydrogen-bond acceptors (Lipinski definition) is 5. The first-order valence-corrected chi connectivity index (χ1v) is 6.70.